The van der Waals surface area contributed by atoms with Crippen LogP contribution in [-0.4, -0.2) is 17.3 Å². The number of hydrogen-bond donors (Lipinski definition) is 1. The summed E-state index contributed by atoms with van der Waals surface area (Å²) in [5.41, 5.74) is 0.343. The van der Waals surface area contributed by atoms with Crippen LogP contribution in [0.25, 0.3) is 0 Å². The van der Waals surface area contributed by atoms with Gasteiger partial charge in [-0.1, -0.05) is 30.9 Å². The van der Waals surface area contributed by atoms with Gasteiger partial charge in [-0.2, -0.15) is 0 Å². The number of nitrogens with one attached hydrogen (secondary N) is 1. The summed E-state index contributed by atoms with van der Waals surface area (Å²) in [4.78, 5) is 12.4. The molecule has 1 saturated carbocycles. The molecule has 1 fully saturated rings. The smallest absolute Gasteiger partial charge is 0.252 e. The predicted octanol–water partition coefficient (Wildman–Crippen LogP) is 4.77. The van der Waals surface area contributed by atoms with Gasteiger partial charge in [0.15, 0.2) is 0 Å². The van der Waals surface area contributed by atoms with Crippen LogP contribution in [0, 0.1) is 0 Å². The fraction of sp³-hybridized carbons (Fsp3) is 0.500. The molecule has 1 N–H and O–H groups in total. The monoisotopic (exact) mass is 363 g/mol. The molecule has 5 heteroatoms. The van der Waals surface area contributed by atoms with E-state index in [9.17, 15) is 4.79 Å². The first-order valence-electron chi connectivity index (χ1n) is 6.40. The van der Waals surface area contributed by atoms with Crippen molar-refractivity contribution in [2.75, 3.05) is 5.88 Å². The van der Waals surface area contributed by atoms with Gasteiger partial charge in [0, 0.05) is 15.4 Å². The Morgan fingerprint density at radius 3 is 2.58 bits per heavy atom. The number of halogens is 3. The molecule has 0 saturated heterocycles. The molecule has 104 valence electrons. The lowest BCUT2D eigenvalue weighted by molar-refractivity contribution is 0.0884. The molecule has 0 spiro atoms. The van der Waals surface area contributed by atoms with E-state index in [0.717, 1.165) is 25.7 Å². The summed E-state index contributed by atoms with van der Waals surface area (Å²) < 4.78 is 0.707. The highest BCUT2D eigenvalue weighted by atomic mass is 79.9. The van der Waals surface area contributed by atoms with Gasteiger partial charge in [-0.3, -0.25) is 4.79 Å². The number of carbonyl (C=O) groups excluding carboxylic acids is 1. The number of hydrogen-bond acceptors (Lipinski definition) is 1. The summed E-state index contributed by atoms with van der Waals surface area (Å²) in [7, 11) is 0. The highest BCUT2D eigenvalue weighted by Gasteiger charge is 2.33. The van der Waals surface area contributed by atoms with E-state index in [-0.39, 0.29) is 11.4 Å². The summed E-state index contributed by atoms with van der Waals surface area (Å²) in [6.07, 6.45) is 5.36. The Balaban J connectivity index is 2.15. The average Bonchev–Trinajstić information content (AvgIpc) is 2.39. The van der Waals surface area contributed by atoms with Crippen LogP contribution in [-0.2, 0) is 0 Å². The quantitative estimate of drug-likeness (QED) is 0.768. The Morgan fingerprint density at radius 1 is 1.32 bits per heavy atom. The minimum Gasteiger partial charge on any atom is -0.345 e. The molecule has 0 heterocycles. The number of carbonyl (C=O) groups is 1. The molecule has 0 unspecified atom stereocenters. The van der Waals surface area contributed by atoms with Crippen LogP contribution < -0.4 is 5.32 Å². The van der Waals surface area contributed by atoms with Gasteiger partial charge in [0.05, 0.1) is 11.1 Å². The molecule has 1 aromatic carbocycles. The van der Waals surface area contributed by atoms with E-state index in [1.54, 1.807) is 18.2 Å². The molecular weight excluding hydrogens is 349 g/mol. The Bertz CT molecular complexity index is 473. The van der Waals surface area contributed by atoms with Crippen LogP contribution in [0.15, 0.2) is 22.7 Å². The molecule has 0 bridgehead atoms. The van der Waals surface area contributed by atoms with Crippen molar-refractivity contribution in [1.82, 2.24) is 5.32 Å². The van der Waals surface area contributed by atoms with Crippen LogP contribution in [0.3, 0.4) is 0 Å². The molecule has 1 amide bonds. The van der Waals surface area contributed by atoms with E-state index in [1.807, 2.05) is 0 Å². The summed E-state index contributed by atoms with van der Waals surface area (Å²) >= 11 is 15.3. The first kappa shape index (κ1) is 15.1. The second-order valence-corrected chi connectivity index (χ2v) is 6.61. The van der Waals surface area contributed by atoms with Crippen LogP contribution in [0.4, 0.5) is 0 Å². The largest absolute Gasteiger partial charge is 0.345 e. The standard InChI is InChI=1S/C14H16BrCl2NO/c15-12-8-10(17)4-5-11(12)13(19)18-14(9-16)6-2-1-3-7-14/h4-5,8H,1-3,6-7,9H2,(H,18,19). The van der Waals surface area contributed by atoms with Crippen molar-refractivity contribution in [1.29, 1.82) is 0 Å². The van der Waals surface area contributed by atoms with E-state index in [1.165, 1.54) is 6.42 Å². The molecule has 1 aliphatic rings. The Kier molecular flexibility index (Phi) is 5.15. The number of alkyl halides is 1. The zero-order chi connectivity index (χ0) is 13.9. The molecule has 0 aromatic heterocycles. The van der Waals surface area contributed by atoms with Gasteiger partial charge in [-0.05, 0) is 47.0 Å². The summed E-state index contributed by atoms with van der Waals surface area (Å²) in [6, 6.07) is 5.17. The molecule has 0 radical (unpaired) electrons. The van der Waals surface area contributed by atoms with E-state index in [4.69, 9.17) is 23.2 Å². The van der Waals surface area contributed by atoms with Gasteiger partial charge >= 0.3 is 0 Å². The fourth-order valence-corrected chi connectivity index (χ4v) is 3.70. The molecule has 1 aliphatic carbocycles. The summed E-state index contributed by atoms with van der Waals surface area (Å²) in [5.74, 6) is 0.371. The predicted molar refractivity (Wildman–Crippen MR) is 83.2 cm³/mol. The molecule has 2 nitrogen and oxygen atoms in total. The van der Waals surface area contributed by atoms with Crippen LogP contribution >= 0.6 is 39.1 Å². The number of amides is 1. The van der Waals surface area contributed by atoms with Crippen LogP contribution in [0.2, 0.25) is 5.02 Å². The van der Waals surface area contributed by atoms with E-state index < -0.39 is 0 Å². The number of benzene rings is 1. The lowest BCUT2D eigenvalue weighted by Crippen LogP contribution is -2.51. The second kappa shape index (κ2) is 6.47. The highest BCUT2D eigenvalue weighted by molar-refractivity contribution is 9.10. The number of rotatable bonds is 3. The molecule has 0 aliphatic heterocycles. The van der Waals surface area contributed by atoms with Gasteiger partial charge < -0.3 is 5.32 Å². The Hall–Kier alpha value is -0.250. The molecular formula is C14H16BrCl2NO. The van der Waals surface area contributed by atoms with Crippen molar-refractivity contribution in [2.24, 2.45) is 0 Å². The Labute approximate surface area is 132 Å². The van der Waals surface area contributed by atoms with Crippen molar-refractivity contribution in [2.45, 2.75) is 37.6 Å². The van der Waals surface area contributed by atoms with Crippen molar-refractivity contribution in [3.8, 4) is 0 Å². The topological polar surface area (TPSA) is 29.1 Å². The van der Waals surface area contributed by atoms with Gasteiger partial charge in [-0.15, -0.1) is 11.6 Å². The van der Waals surface area contributed by atoms with Crippen molar-refractivity contribution >= 4 is 45.0 Å². The third-order valence-electron chi connectivity index (χ3n) is 3.62. The SMILES string of the molecule is O=C(NC1(CCl)CCCCC1)c1ccc(Cl)cc1Br. The van der Waals surface area contributed by atoms with Crippen molar-refractivity contribution < 1.29 is 4.79 Å². The van der Waals surface area contributed by atoms with Gasteiger partial charge in [0.1, 0.15) is 0 Å². The third-order valence-corrected chi connectivity index (χ3v) is 5.02. The van der Waals surface area contributed by atoms with E-state index in [2.05, 4.69) is 21.2 Å². The Morgan fingerprint density at radius 2 is 2.00 bits per heavy atom. The zero-order valence-corrected chi connectivity index (χ0v) is 13.6. The lowest BCUT2D eigenvalue weighted by atomic mass is 9.83. The van der Waals surface area contributed by atoms with Crippen LogP contribution in [0.1, 0.15) is 42.5 Å². The van der Waals surface area contributed by atoms with Gasteiger partial charge in [-0.25, -0.2) is 0 Å². The zero-order valence-electron chi connectivity index (χ0n) is 10.5. The van der Waals surface area contributed by atoms with Crippen molar-refractivity contribution in [3.05, 3.63) is 33.3 Å². The van der Waals surface area contributed by atoms with Crippen LogP contribution in [0.5, 0.6) is 0 Å². The maximum Gasteiger partial charge on any atom is 0.252 e. The molecule has 19 heavy (non-hydrogen) atoms. The summed E-state index contributed by atoms with van der Waals surface area (Å²) in [6.45, 7) is 0. The molecule has 2 rings (SSSR count). The maximum atomic E-state index is 12.4. The molecule has 0 atom stereocenters. The normalized spacial score (nSPS) is 18.1. The van der Waals surface area contributed by atoms with Gasteiger partial charge in [0.2, 0.25) is 0 Å². The van der Waals surface area contributed by atoms with E-state index in [0.29, 0.717) is 20.9 Å². The first-order valence-corrected chi connectivity index (χ1v) is 8.10. The minimum atomic E-state index is -0.254. The highest BCUT2D eigenvalue weighted by Crippen LogP contribution is 2.30. The van der Waals surface area contributed by atoms with Gasteiger partial charge in [0.25, 0.3) is 5.91 Å². The minimum absolute atomic E-state index is 0.0916. The maximum absolute atomic E-state index is 12.4. The second-order valence-electron chi connectivity index (χ2n) is 5.05. The fourth-order valence-electron chi connectivity index (χ4n) is 2.50. The van der Waals surface area contributed by atoms with Crippen molar-refractivity contribution in [3.63, 3.8) is 0 Å². The third kappa shape index (κ3) is 3.65. The molecule has 1 aromatic rings. The van der Waals surface area contributed by atoms with E-state index >= 15 is 0 Å². The first-order chi connectivity index (χ1) is 9.06. The lowest BCUT2D eigenvalue weighted by Gasteiger charge is -2.36. The summed E-state index contributed by atoms with van der Waals surface area (Å²) in [5, 5.41) is 3.72. The average molecular weight is 365 g/mol.